The van der Waals surface area contributed by atoms with Gasteiger partial charge in [0.1, 0.15) is 0 Å². The number of nitrogens with one attached hydrogen (secondary N) is 2. The summed E-state index contributed by atoms with van der Waals surface area (Å²) in [6, 6.07) is 13.0. The first-order chi connectivity index (χ1) is 13.8. The Kier molecular flexibility index (Phi) is 7.65. The van der Waals surface area contributed by atoms with E-state index >= 15 is 0 Å². The van der Waals surface area contributed by atoms with Crippen molar-refractivity contribution >= 4 is 23.7 Å². The van der Waals surface area contributed by atoms with Crippen molar-refractivity contribution in [3.63, 3.8) is 0 Å². The number of rotatable bonds is 7. The number of esters is 1. The third kappa shape index (κ3) is 6.27. The second-order valence-corrected chi connectivity index (χ2v) is 6.57. The fraction of sp³-hybridized carbons (Fsp3) is 0.273. The van der Waals surface area contributed by atoms with E-state index < -0.39 is 24.0 Å². The molecule has 0 saturated carbocycles. The zero-order valence-electron chi connectivity index (χ0n) is 16.7. The molecule has 7 nitrogen and oxygen atoms in total. The summed E-state index contributed by atoms with van der Waals surface area (Å²) in [5.74, 6) is -1.66. The molecule has 3 amide bonds. The maximum atomic E-state index is 12.4. The molecular formula is C22H24N2O5. The molecule has 1 atom stereocenters. The van der Waals surface area contributed by atoms with Crippen LogP contribution >= 0.6 is 0 Å². The van der Waals surface area contributed by atoms with Crippen LogP contribution in [0, 0.1) is 13.8 Å². The molecule has 0 aliphatic carbocycles. The molecule has 2 rings (SSSR count). The van der Waals surface area contributed by atoms with Gasteiger partial charge >= 0.3 is 12.0 Å². The minimum absolute atomic E-state index is 0.0418. The molecule has 0 fully saturated rings. The van der Waals surface area contributed by atoms with Gasteiger partial charge in [0.15, 0.2) is 5.78 Å². The summed E-state index contributed by atoms with van der Waals surface area (Å²) in [7, 11) is 1.37. The van der Waals surface area contributed by atoms with Crippen LogP contribution in [-0.2, 0) is 14.3 Å². The van der Waals surface area contributed by atoms with Crippen molar-refractivity contribution in [3.8, 4) is 0 Å². The van der Waals surface area contributed by atoms with Gasteiger partial charge in [-0.15, -0.1) is 0 Å². The summed E-state index contributed by atoms with van der Waals surface area (Å²) in [6.07, 6.45) is -1.51. The number of amides is 3. The number of benzene rings is 2. The van der Waals surface area contributed by atoms with Gasteiger partial charge in [-0.2, -0.15) is 0 Å². The number of hydrogen-bond acceptors (Lipinski definition) is 5. The van der Waals surface area contributed by atoms with Crippen LogP contribution in [0.1, 0.15) is 46.0 Å². The van der Waals surface area contributed by atoms with Crippen molar-refractivity contribution in [1.82, 2.24) is 10.6 Å². The third-order valence-corrected chi connectivity index (χ3v) is 4.44. The standard InChI is InChI=1S/C22H24N2O5/c1-14-9-10-17(13-15(14)2)18(25)11-12-19(26)29-20(16-7-5-4-6-8-16)21(27)24-22(28)23-3/h4-10,13,20H,11-12H2,1-3H3,(H2,23,24,27,28)/t20-/m1/s1. The van der Waals surface area contributed by atoms with Crippen molar-refractivity contribution in [1.29, 1.82) is 0 Å². The molecule has 0 unspecified atom stereocenters. The molecule has 0 heterocycles. The molecule has 0 aromatic heterocycles. The quantitative estimate of drug-likeness (QED) is 0.553. The zero-order valence-corrected chi connectivity index (χ0v) is 16.7. The summed E-state index contributed by atoms with van der Waals surface area (Å²) >= 11 is 0. The Morgan fingerprint density at radius 1 is 0.931 bits per heavy atom. The summed E-state index contributed by atoms with van der Waals surface area (Å²) in [6.45, 7) is 3.87. The van der Waals surface area contributed by atoms with Gasteiger partial charge in [-0.25, -0.2) is 4.79 Å². The molecule has 2 aromatic carbocycles. The van der Waals surface area contributed by atoms with Gasteiger partial charge in [-0.1, -0.05) is 42.5 Å². The van der Waals surface area contributed by atoms with Crippen molar-refractivity contribution in [3.05, 3.63) is 70.8 Å². The predicted octanol–water partition coefficient (Wildman–Crippen LogP) is 3.01. The van der Waals surface area contributed by atoms with Crippen molar-refractivity contribution in [2.24, 2.45) is 0 Å². The molecule has 0 saturated heterocycles. The number of imide groups is 1. The highest BCUT2D eigenvalue weighted by atomic mass is 16.5. The van der Waals surface area contributed by atoms with Crippen LogP contribution in [0.15, 0.2) is 48.5 Å². The summed E-state index contributed by atoms with van der Waals surface area (Å²) in [4.78, 5) is 48.4. The number of carbonyl (C=O) groups is 4. The first-order valence-corrected chi connectivity index (χ1v) is 9.19. The lowest BCUT2D eigenvalue weighted by atomic mass is 10.0. The second kappa shape index (κ2) is 10.2. The number of carbonyl (C=O) groups excluding carboxylic acids is 4. The molecule has 0 radical (unpaired) electrons. The van der Waals surface area contributed by atoms with Crippen molar-refractivity contribution in [2.45, 2.75) is 32.8 Å². The Morgan fingerprint density at radius 2 is 1.62 bits per heavy atom. The molecule has 0 aliphatic rings. The van der Waals surface area contributed by atoms with Crippen molar-refractivity contribution < 1.29 is 23.9 Å². The molecular weight excluding hydrogens is 372 g/mol. The average molecular weight is 396 g/mol. The Morgan fingerprint density at radius 3 is 2.24 bits per heavy atom. The lowest BCUT2D eigenvalue weighted by molar-refractivity contribution is -0.156. The van der Waals surface area contributed by atoms with Crippen LogP contribution in [0.2, 0.25) is 0 Å². The van der Waals surface area contributed by atoms with Crippen molar-refractivity contribution in [2.75, 3.05) is 7.05 Å². The van der Waals surface area contributed by atoms with Gasteiger partial charge in [-0.05, 0) is 31.0 Å². The average Bonchev–Trinajstić information content (AvgIpc) is 2.72. The third-order valence-electron chi connectivity index (χ3n) is 4.44. The van der Waals surface area contributed by atoms with E-state index in [2.05, 4.69) is 10.6 Å². The highest BCUT2D eigenvalue weighted by Gasteiger charge is 2.26. The number of ether oxygens (including phenoxy) is 1. The molecule has 2 N–H and O–H groups in total. The van der Waals surface area contributed by atoms with Crippen LogP contribution in [0.3, 0.4) is 0 Å². The number of aryl methyl sites for hydroxylation is 2. The number of urea groups is 1. The fourth-order valence-electron chi connectivity index (χ4n) is 2.61. The molecule has 0 bridgehead atoms. The maximum Gasteiger partial charge on any atom is 0.321 e. The van der Waals surface area contributed by atoms with Gasteiger partial charge in [0.05, 0.1) is 6.42 Å². The Balaban J connectivity index is 2.03. The SMILES string of the molecule is CNC(=O)NC(=O)[C@H](OC(=O)CCC(=O)c1ccc(C)c(C)c1)c1ccccc1. The Labute approximate surface area is 169 Å². The highest BCUT2D eigenvalue weighted by molar-refractivity contribution is 5.99. The molecule has 2 aromatic rings. The highest BCUT2D eigenvalue weighted by Crippen LogP contribution is 2.19. The largest absolute Gasteiger partial charge is 0.447 e. The molecule has 7 heteroatoms. The first kappa shape index (κ1) is 21.8. The minimum atomic E-state index is -1.29. The van der Waals surface area contributed by atoms with Gasteiger partial charge in [0.2, 0.25) is 6.10 Å². The van der Waals surface area contributed by atoms with Crippen LogP contribution < -0.4 is 10.6 Å². The van der Waals surface area contributed by atoms with E-state index in [4.69, 9.17) is 4.74 Å². The molecule has 29 heavy (non-hydrogen) atoms. The molecule has 0 spiro atoms. The second-order valence-electron chi connectivity index (χ2n) is 6.57. The van der Waals surface area contributed by atoms with E-state index in [-0.39, 0.29) is 18.6 Å². The van der Waals surface area contributed by atoms with Crippen LogP contribution in [-0.4, -0.2) is 30.7 Å². The zero-order chi connectivity index (χ0) is 21.4. The fourth-order valence-corrected chi connectivity index (χ4v) is 2.61. The summed E-state index contributed by atoms with van der Waals surface area (Å²) in [5, 5.41) is 4.37. The van der Waals surface area contributed by atoms with E-state index in [0.717, 1.165) is 11.1 Å². The van der Waals surface area contributed by atoms with Gasteiger partial charge in [0, 0.05) is 24.6 Å². The maximum absolute atomic E-state index is 12.4. The Bertz CT molecular complexity index is 909. The van der Waals surface area contributed by atoms with Crippen LogP contribution in [0.5, 0.6) is 0 Å². The van der Waals surface area contributed by atoms with Gasteiger partial charge < -0.3 is 10.1 Å². The van der Waals surface area contributed by atoms with Gasteiger partial charge in [-0.3, -0.25) is 19.7 Å². The Hall–Kier alpha value is -3.48. The van der Waals surface area contributed by atoms with E-state index in [9.17, 15) is 19.2 Å². The predicted molar refractivity (Wildman–Crippen MR) is 107 cm³/mol. The summed E-state index contributed by atoms with van der Waals surface area (Å²) < 4.78 is 5.29. The smallest absolute Gasteiger partial charge is 0.321 e. The lowest BCUT2D eigenvalue weighted by Gasteiger charge is -2.17. The van der Waals surface area contributed by atoms with E-state index in [1.54, 1.807) is 42.5 Å². The lowest BCUT2D eigenvalue weighted by Crippen LogP contribution is -2.41. The summed E-state index contributed by atoms with van der Waals surface area (Å²) in [5.41, 5.74) is 3.02. The molecule has 0 aliphatic heterocycles. The number of ketones is 1. The van der Waals surface area contributed by atoms with Crippen LogP contribution in [0.4, 0.5) is 4.79 Å². The normalized spacial score (nSPS) is 11.3. The number of Topliss-reactive ketones (excluding diaryl/α,β-unsaturated/α-hetero) is 1. The van der Waals surface area contributed by atoms with Gasteiger partial charge in [0.25, 0.3) is 5.91 Å². The minimum Gasteiger partial charge on any atom is -0.447 e. The van der Waals surface area contributed by atoms with E-state index in [1.807, 2.05) is 19.9 Å². The van der Waals surface area contributed by atoms with E-state index in [1.165, 1.54) is 7.05 Å². The number of hydrogen-bond donors (Lipinski definition) is 2. The topological polar surface area (TPSA) is 102 Å². The first-order valence-electron chi connectivity index (χ1n) is 9.19. The van der Waals surface area contributed by atoms with Crippen LogP contribution in [0.25, 0.3) is 0 Å². The monoisotopic (exact) mass is 396 g/mol. The van der Waals surface area contributed by atoms with E-state index in [0.29, 0.717) is 11.1 Å². The molecule has 152 valence electrons.